The lowest BCUT2D eigenvalue weighted by atomic mass is 10.2. The van der Waals surface area contributed by atoms with Gasteiger partial charge in [-0.2, -0.15) is 0 Å². The van der Waals surface area contributed by atoms with Crippen molar-refractivity contribution in [2.24, 2.45) is 0 Å². The summed E-state index contributed by atoms with van der Waals surface area (Å²) in [5, 5.41) is 8.04. The van der Waals surface area contributed by atoms with Gasteiger partial charge in [0, 0.05) is 13.1 Å². The Morgan fingerprint density at radius 3 is 2.56 bits per heavy atom. The van der Waals surface area contributed by atoms with Crippen LogP contribution in [-0.4, -0.2) is 24.4 Å². The number of ether oxygens (including phenoxy) is 1. The Morgan fingerprint density at radius 2 is 1.83 bits per heavy atom. The highest BCUT2D eigenvalue weighted by Gasteiger charge is 2.14. The highest BCUT2D eigenvalue weighted by atomic mass is 35.5. The number of methoxy groups -OCH3 is 1. The number of hydrogen-bond donors (Lipinski definition) is 0. The molecule has 0 aliphatic carbocycles. The second-order valence-corrected chi connectivity index (χ2v) is 4.32. The van der Waals surface area contributed by atoms with Crippen molar-refractivity contribution in [2.45, 2.75) is 0 Å². The van der Waals surface area contributed by atoms with Gasteiger partial charge in [0.25, 0.3) is 0 Å². The lowest BCUT2D eigenvalue weighted by Gasteiger charge is -2.22. The SMILES string of the molecule is COc1ccccc1N(C)c1cc(Cl)nnc1Cl. The number of nitrogens with zero attached hydrogens (tertiary/aromatic N) is 3. The zero-order chi connectivity index (χ0) is 13.1. The van der Waals surface area contributed by atoms with Crippen molar-refractivity contribution in [2.75, 3.05) is 19.1 Å². The topological polar surface area (TPSA) is 38.2 Å². The van der Waals surface area contributed by atoms with Gasteiger partial charge in [-0.1, -0.05) is 35.3 Å². The average Bonchev–Trinajstić information content (AvgIpc) is 2.40. The monoisotopic (exact) mass is 283 g/mol. The molecule has 2 rings (SSSR count). The van der Waals surface area contributed by atoms with Crippen molar-refractivity contribution in [1.29, 1.82) is 0 Å². The normalized spacial score (nSPS) is 10.2. The van der Waals surface area contributed by atoms with Crippen molar-refractivity contribution in [3.8, 4) is 5.75 Å². The van der Waals surface area contributed by atoms with Crippen LogP contribution in [0.25, 0.3) is 0 Å². The highest BCUT2D eigenvalue weighted by molar-refractivity contribution is 6.33. The van der Waals surface area contributed by atoms with Gasteiger partial charge in [-0.05, 0) is 12.1 Å². The minimum atomic E-state index is 0.285. The highest BCUT2D eigenvalue weighted by Crippen LogP contribution is 2.35. The first-order chi connectivity index (χ1) is 8.63. The molecule has 18 heavy (non-hydrogen) atoms. The third-order valence-corrected chi connectivity index (χ3v) is 2.96. The van der Waals surface area contributed by atoms with E-state index in [2.05, 4.69) is 10.2 Å². The van der Waals surface area contributed by atoms with Gasteiger partial charge < -0.3 is 9.64 Å². The maximum absolute atomic E-state index is 6.02. The fourth-order valence-electron chi connectivity index (χ4n) is 1.62. The van der Waals surface area contributed by atoms with Gasteiger partial charge in [-0.15, -0.1) is 10.2 Å². The van der Waals surface area contributed by atoms with E-state index in [1.54, 1.807) is 13.2 Å². The first kappa shape index (κ1) is 12.9. The predicted octanol–water partition coefficient (Wildman–Crippen LogP) is 3.56. The van der Waals surface area contributed by atoms with Gasteiger partial charge in [-0.3, -0.25) is 0 Å². The van der Waals surface area contributed by atoms with Crippen LogP contribution in [-0.2, 0) is 0 Å². The molecule has 0 spiro atoms. The summed E-state index contributed by atoms with van der Waals surface area (Å²) < 4.78 is 5.30. The van der Waals surface area contributed by atoms with Crippen LogP contribution in [0, 0.1) is 0 Å². The third-order valence-electron chi connectivity index (χ3n) is 2.51. The average molecular weight is 284 g/mol. The van der Waals surface area contributed by atoms with E-state index < -0.39 is 0 Å². The maximum Gasteiger partial charge on any atom is 0.175 e. The Bertz CT molecular complexity index is 563. The number of halogens is 2. The summed E-state index contributed by atoms with van der Waals surface area (Å²) in [6, 6.07) is 9.26. The van der Waals surface area contributed by atoms with Crippen molar-refractivity contribution in [3.63, 3.8) is 0 Å². The zero-order valence-corrected chi connectivity index (χ0v) is 11.4. The Morgan fingerprint density at radius 1 is 1.11 bits per heavy atom. The largest absolute Gasteiger partial charge is 0.495 e. The van der Waals surface area contributed by atoms with Gasteiger partial charge in [0.2, 0.25) is 0 Å². The molecule has 0 saturated heterocycles. The van der Waals surface area contributed by atoms with E-state index in [4.69, 9.17) is 27.9 Å². The summed E-state index contributed by atoms with van der Waals surface area (Å²) in [7, 11) is 3.48. The van der Waals surface area contributed by atoms with Crippen LogP contribution in [0.3, 0.4) is 0 Å². The Balaban J connectivity index is 2.47. The number of hydrogen-bond acceptors (Lipinski definition) is 4. The van der Waals surface area contributed by atoms with Gasteiger partial charge >= 0.3 is 0 Å². The Kier molecular flexibility index (Phi) is 3.89. The molecular formula is C12H11Cl2N3O. The van der Waals surface area contributed by atoms with Crippen LogP contribution in [0.15, 0.2) is 30.3 Å². The quantitative estimate of drug-likeness (QED) is 0.863. The standard InChI is InChI=1S/C12H11Cl2N3O/c1-17(8-5-3-4-6-10(8)18-2)9-7-11(13)15-16-12(9)14/h3-7H,1-2H3. The first-order valence-electron chi connectivity index (χ1n) is 5.19. The molecule has 1 aromatic heterocycles. The zero-order valence-electron chi connectivity index (χ0n) is 9.89. The fourth-order valence-corrected chi connectivity index (χ4v) is 1.98. The molecule has 94 valence electrons. The van der Waals surface area contributed by atoms with Gasteiger partial charge in [-0.25, -0.2) is 0 Å². The molecule has 0 fully saturated rings. The van der Waals surface area contributed by atoms with Crippen molar-refractivity contribution < 1.29 is 4.74 Å². The summed E-state index contributed by atoms with van der Waals surface area (Å²) in [6.45, 7) is 0. The second kappa shape index (κ2) is 5.42. The molecule has 0 bridgehead atoms. The maximum atomic E-state index is 6.02. The van der Waals surface area contributed by atoms with Crippen LogP contribution in [0.5, 0.6) is 5.75 Å². The molecule has 0 aliphatic heterocycles. The molecule has 4 nitrogen and oxygen atoms in total. The fraction of sp³-hybridized carbons (Fsp3) is 0.167. The van der Waals surface area contributed by atoms with Crippen LogP contribution >= 0.6 is 23.2 Å². The number of aromatic nitrogens is 2. The molecule has 0 N–H and O–H groups in total. The minimum Gasteiger partial charge on any atom is -0.495 e. The van der Waals surface area contributed by atoms with E-state index in [-0.39, 0.29) is 10.3 Å². The summed E-state index contributed by atoms with van der Waals surface area (Å²) in [4.78, 5) is 1.85. The lowest BCUT2D eigenvalue weighted by Crippen LogP contribution is -2.12. The van der Waals surface area contributed by atoms with E-state index in [9.17, 15) is 0 Å². The molecule has 0 atom stereocenters. The molecular weight excluding hydrogens is 273 g/mol. The van der Waals surface area contributed by atoms with E-state index in [1.165, 1.54) is 0 Å². The summed E-state index contributed by atoms with van der Waals surface area (Å²) in [5.41, 5.74) is 1.53. The molecule has 0 unspecified atom stereocenters. The molecule has 0 amide bonds. The van der Waals surface area contributed by atoms with Gasteiger partial charge in [0.1, 0.15) is 5.75 Å². The second-order valence-electron chi connectivity index (χ2n) is 3.57. The Hall–Kier alpha value is -1.52. The summed E-state index contributed by atoms with van der Waals surface area (Å²) in [5.74, 6) is 0.740. The van der Waals surface area contributed by atoms with Crippen LogP contribution in [0.1, 0.15) is 0 Å². The summed E-state index contributed by atoms with van der Waals surface area (Å²) in [6.07, 6.45) is 0. The lowest BCUT2D eigenvalue weighted by molar-refractivity contribution is 0.415. The van der Waals surface area contributed by atoms with Crippen molar-refractivity contribution in [3.05, 3.63) is 40.6 Å². The smallest absolute Gasteiger partial charge is 0.175 e. The van der Waals surface area contributed by atoms with E-state index in [1.807, 2.05) is 36.2 Å². The molecule has 6 heteroatoms. The van der Waals surface area contributed by atoms with E-state index in [0.717, 1.165) is 11.4 Å². The van der Waals surface area contributed by atoms with Crippen molar-refractivity contribution >= 4 is 34.6 Å². The molecule has 2 aromatic rings. The Labute approximate surface area is 115 Å². The molecule has 1 aromatic carbocycles. The molecule has 0 saturated carbocycles. The van der Waals surface area contributed by atoms with Gasteiger partial charge in [0.05, 0.1) is 18.5 Å². The summed E-state index contributed by atoms with van der Waals surface area (Å²) >= 11 is 11.9. The number of anilines is 2. The van der Waals surface area contributed by atoms with E-state index >= 15 is 0 Å². The van der Waals surface area contributed by atoms with Crippen LogP contribution in [0.2, 0.25) is 10.3 Å². The predicted molar refractivity (Wildman–Crippen MR) is 73.1 cm³/mol. The first-order valence-corrected chi connectivity index (χ1v) is 5.94. The van der Waals surface area contributed by atoms with Crippen LogP contribution < -0.4 is 9.64 Å². The number of rotatable bonds is 3. The minimum absolute atomic E-state index is 0.285. The molecule has 0 radical (unpaired) electrons. The van der Waals surface area contributed by atoms with E-state index in [0.29, 0.717) is 5.69 Å². The number of para-hydroxylation sites is 2. The van der Waals surface area contributed by atoms with Crippen LogP contribution in [0.4, 0.5) is 11.4 Å². The van der Waals surface area contributed by atoms with Gasteiger partial charge in [0.15, 0.2) is 10.3 Å². The number of benzene rings is 1. The molecule has 1 heterocycles. The molecule has 0 aliphatic rings. The van der Waals surface area contributed by atoms with Crippen molar-refractivity contribution in [1.82, 2.24) is 10.2 Å². The third kappa shape index (κ3) is 2.49.